The average molecular weight is 197 g/mol. The van der Waals surface area contributed by atoms with Gasteiger partial charge in [-0.25, -0.2) is 0 Å². The summed E-state index contributed by atoms with van der Waals surface area (Å²) in [6.07, 6.45) is 6.95. The van der Waals surface area contributed by atoms with E-state index in [-0.39, 0.29) is 5.60 Å². The van der Waals surface area contributed by atoms with Crippen molar-refractivity contribution in [3.63, 3.8) is 0 Å². The third kappa shape index (κ3) is 1.82. The summed E-state index contributed by atoms with van der Waals surface area (Å²) >= 11 is 0. The average Bonchev–Trinajstić information content (AvgIpc) is 2.24. The summed E-state index contributed by atoms with van der Waals surface area (Å²) in [5.74, 6) is 0.777. The van der Waals surface area contributed by atoms with E-state index in [0.29, 0.717) is 6.04 Å². The molecule has 82 valence electrons. The SMILES string of the molecule is CC1NCCOC1(C)C1CCCCC1. The number of morpholine rings is 1. The summed E-state index contributed by atoms with van der Waals surface area (Å²) in [5.41, 5.74) is 0.0959. The fourth-order valence-corrected chi connectivity index (χ4v) is 3.02. The molecule has 2 heteroatoms. The Morgan fingerprint density at radius 2 is 1.93 bits per heavy atom. The van der Waals surface area contributed by atoms with Crippen LogP contribution in [0.1, 0.15) is 46.0 Å². The van der Waals surface area contributed by atoms with E-state index in [1.54, 1.807) is 0 Å². The molecule has 2 fully saturated rings. The molecule has 1 heterocycles. The van der Waals surface area contributed by atoms with Gasteiger partial charge in [-0.1, -0.05) is 19.3 Å². The molecule has 1 saturated heterocycles. The highest BCUT2D eigenvalue weighted by atomic mass is 16.5. The smallest absolute Gasteiger partial charge is 0.0832 e. The van der Waals surface area contributed by atoms with Crippen molar-refractivity contribution in [1.29, 1.82) is 0 Å². The summed E-state index contributed by atoms with van der Waals surface area (Å²) in [4.78, 5) is 0. The van der Waals surface area contributed by atoms with Crippen LogP contribution in [-0.2, 0) is 4.74 Å². The first-order chi connectivity index (χ1) is 6.73. The lowest BCUT2D eigenvalue weighted by molar-refractivity contribution is -0.124. The first kappa shape index (κ1) is 10.4. The number of hydrogen-bond acceptors (Lipinski definition) is 2. The molecule has 0 aromatic carbocycles. The Bertz CT molecular complexity index is 189. The fourth-order valence-electron chi connectivity index (χ4n) is 3.02. The molecule has 0 spiro atoms. The Hall–Kier alpha value is -0.0800. The lowest BCUT2D eigenvalue weighted by Crippen LogP contribution is -2.58. The van der Waals surface area contributed by atoms with Crippen molar-refractivity contribution in [3.8, 4) is 0 Å². The molecule has 1 saturated carbocycles. The van der Waals surface area contributed by atoms with Gasteiger partial charge in [0.25, 0.3) is 0 Å². The van der Waals surface area contributed by atoms with Gasteiger partial charge in [0.05, 0.1) is 12.2 Å². The molecule has 1 N–H and O–H groups in total. The maximum absolute atomic E-state index is 6.05. The molecule has 0 bridgehead atoms. The highest BCUT2D eigenvalue weighted by Gasteiger charge is 2.42. The van der Waals surface area contributed by atoms with Crippen LogP contribution in [0.15, 0.2) is 0 Å². The molecule has 2 rings (SSSR count). The predicted molar refractivity (Wildman–Crippen MR) is 58.4 cm³/mol. The van der Waals surface area contributed by atoms with Crippen LogP contribution in [0.4, 0.5) is 0 Å². The van der Waals surface area contributed by atoms with Crippen LogP contribution in [0, 0.1) is 5.92 Å². The Kier molecular flexibility index (Phi) is 3.13. The van der Waals surface area contributed by atoms with Gasteiger partial charge in [0.1, 0.15) is 0 Å². The third-order valence-corrected chi connectivity index (χ3v) is 4.24. The van der Waals surface area contributed by atoms with Gasteiger partial charge in [-0.05, 0) is 32.6 Å². The Balaban J connectivity index is 2.03. The largest absolute Gasteiger partial charge is 0.372 e. The van der Waals surface area contributed by atoms with Gasteiger partial charge in [-0.15, -0.1) is 0 Å². The number of ether oxygens (including phenoxy) is 1. The predicted octanol–water partition coefficient (Wildman–Crippen LogP) is 2.33. The van der Waals surface area contributed by atoms with Crippen LogP contribution in [0.3, 0.4) is 0 Å². The molecule has 1 aliphatic carbocycles. The molecule has 0 amide bonds. The van der Waals surface area contributed by atoms with E-state index in [4.69, 9.17) is 4.74 Å². The maximum atomic E-state index is 6.05. The van der Waals surface area contributed by atoms with Crippen molar-refractivity contribution in [2.24, 2.45) is 5.92 Å². The Labute approximate surface area is 87.4 Å². The van der Waals surface area contributed by atoms with E-state index in [2.05, 4.69) is 19.2 Å². The van der Waals surface area contributed by atoms with Crippen LogP contribution in [-0.4, -0.2) is 24.8 Å². The molecule has 0 aromatic heterocycles. The number of rotatable bonds is 1. The zero-order valence-corrected chi connectivity index (χ0v) is 9.51. The minimum atomic E-state index is 0.0959. The number of hydrogen-bond donors (Lipinski definition) is 1. The normalized spacial score (nSPS) is 41.1. The van der Waals surface area contributed by atoms with Gasteiger partial charge >= 0.3 is 0 Å². The molecular weight excluding hydrogens is 174 g/mol. The van der Waals surface area contributed by atoms with E-state index in [9.17, 15) is 0 Å². The van der Waals surface area contributed by atoms with Crippen LogP contribution in [0.25, 0.3) is 0 Å². The molecule has 2 unspecified atom stereocenters. The molecule has 2 aliphatic rings. The second-order valence-electron chi connectivity index (χ2n) is 5.04. The highest BCUT2D eigenvalue weighted by molar-refractivity contribution is 4.96. The summed E-state index contributed by atoms with van der Waals surface area (Å²) in [6.45, 7) is 6.48. The topological polar surface area (TPSA) is 21.3 Å². The fraction of sp³-hybridized carbons (Fsp3) is 1.00. The Morgan fingerprint density at radius 3 is 2.57 bits per heavy atom. The quantitative estimate of drug-likeness (QED) is 0.696. The standard InChI is InChI=1S/C12H23NO/c1-10-12(2,14-9-8-13-10)11-6-4-3-5-7-11/h10-11,13H,3-9H2,1-2H3. The lowest BCUT2D eigenvalue weighted by Gasteiger charge is -2.47. The van der Waals surface area contributed by atoms with E-state index < -0.39 is 0 Å². The first-order valence-electron chi connectivity index (χ1n) is 6.11. The summed E-state index contributed by atoms with van der Waals surface area (Å²) in [5, 5.41) is 3.54. The van der Waals surface area contributed by atoms with Crippen molar-refractivity contribution >= 4 is 0 Å². The lowest BCUT2D eigenvalue weighted by atomic mass is 9.74. The number of nitrogens with one attached hydrogen (secondary N) is 1. The van der Waals surface area contributed by atoms with Crippen LogP contribution < -0.4 is 5.32 Å². The van der Waals surface area contributed by atoms with E-state index in [0.717, 1.165) is 19.1 Å². The molecule has 2 atom stereocenters. The van der Waals surface area contributed by atoms with Crippen molar-refractivity contribution in [2.75, 3.05) is 13.2 Å². The van der Waals surface area contributed by atoms with Crippen molar-refractivity contribution in [2.45, 2.75) is 57.6 Å². The summed E-state index contributed by atoms with van der Waals surface area (Å²) in [7, 11) is 0. The van der Waals surface area contributed by atoms with Crippen molar-refractivity contribution < 1.29 is 4.74 Å². The van der Waals surface area contributed by atoms with Crippen molar-refractivity contribution in [3.05, 3.63) is 0 Å². The molecule has 2 nitrogen and oxygen atoms in total. The monoisotopic (exact) mass is 197 g/mol. The molecular formula is C12H23NO. The summed E-state index contributed by atoms with van der Waals surface area (Å²) in [6, 6.07) is 0.513. The van der Waals surface area contributed by atoms with Gasteiger partial charge in [0, 0.05) is 12.6 Å². The minimum absolute atomic E-state index is 0.0959. The van der Waals surface area contributed by atoms with Gasteiger partial charge < -0.3 is 10.1 Å². The molecule has 0 radical (unpaired) electrons. The molecule has 0 aromatic rings. The minimum Gasteiger partial charge on any atom is -0.372 e. The van der Waals surface area contributed by atoms with Crippen LogP contribution in [0.2, 0.25) is 0 Å². The van der Waals surface area contributed by atoms with Crippen LogP contribution >= 0.6 is 0 Å². The van der Waals surface area contributed by atoms with Gasteiger partial charge in [-0.2, -0.15) is 0 Å². The zero-order valence-electron chi connectivity index (χ0n) is 9.51. The molecule has 14 heavy (non-hydrogen) atoms. The van der Waals surface area contributed by atoms with Gasteiger partial charge in [0.15, 0.2) is 0 Å². The highest BCUT2D eigenvalue weighted by Crippen LogP contribution is 2.38. The second-order valence-corrected chi connectivity index (χ2v) is 5.04. The van der Waals surface area contributed by atoms with E-state index >= 15 is 0 Å². The maximum Gasteiger partial charge on any atom is 0.0832 e. The van der Waals surface area contributed by atoms with E-state index in [1.807, 2.05) is 0 Å². The van der Waals surface area contributed by atoms with E-state index in [1.165, 1.54) is 32.1 Å². The third-order valence-electron chi connectivity index (χ3n) is 4.24. The summed E-state index contributed by atoms with van der Waals surface area (Å²) < 4.78 is 6.05. The van der Waals surface area contributed by atoms with Crippen molar-refractivity contribution in [1.82, 2.24) is 5.32 Å². The van der Waals surface area contributed by atoms with Gasteiger partial charge in [-0.3, -0.25) is 0 Å². The zero-order chi connectivity index (χ0) is 10.0. The first-order valence-corrected chi connectivity index (χ1v) is 6.11. The van der Waals surface area contributed by atoms with Gasteiger partial charge in [0.2, 0.25) is 0 Å². The Morgan fingerprint density at radius 1 is 1.21 bits per heavy atom. The van der Waals surface area contributed by atoms with Crippen LogP contribution in [0.5, 0.6) is 0 Å². The second kappa shape index (κ2) is 4.19. The molecule has 1 aliphatic heterocycles.